The number of aryl methyl sites for hydroxylation is 2. The molecular formula is C24H20. The standard InChI is InChI=1S/C24H20/c1-17-9-3-5-11-19(17)23-15-16-24(20-12-6-4-10-18(20)2)22-14-8-7-13-21(22)23/h3-16H,1-2H3. The zero-order valence-electron chi connectivity index (χ0n) is 14.1. The van der Waals surface area contributed by atoms with Crippen molar-refractivity contribution in [2.45, 2.75) is 13.8 Å². The first-order valence-electron chi connectivity index (χ1n) is 8.39. The van der Waals surface area contributed by atoms with E-state index in [0.717, 1.165) is 0 Å². The normalized spacial score (nSPS) is 10.9. The lowest BCUT2D eigenvalue weighted by atomic mass is 9.89. The van der Waals surface area contributed by atoms with Crippen LogP contribution in [0.15, 0.2) is 84.9 Å². The Balaban J connectivity index is 2.04. The smallest absolute Gasteiger partial charge is 0.00991 e. The van der Waals surface area contributed by atoms with Gasteiger partial charge in [-0.05, 0) is 58.0 Å². The van der Waals surface area contributed by atoms with Crippen LogP contribution >= 0.6 is 0 Å². The minimum atomic E-state index is 1.31. The molecule has 0 saturated heterocycles. The van der Waals surface area contributed by atoms with Crippen molar-refractivity contribution in [3.05, 3.63) is 96.1 Å². The second-order valence-electron chi connectivity index (χ2n) is 6.34. The number of rotatable bonds is 2. The van der Waals surface area contributed by atoms with Gasteiger partial charge in [-0.2, -0.15) is 0 Å². The molecule has 4 rings (SSSR count). The Bertz CT molecular complexity index is 941. The van der Waals surface area contributed by atoms with Crippen molar-refractivity contribution in [2.24, 2.45) is 0 Å². The van der Waals surface area contributed by atoms with E-state index in [9.17, 15) is 0 Å². The van der Waals surface area contributed by atoms with Crippen LogP contribution in [0.3, 0.4) is 0 Å². The van der Waals surface area contributed by atoms with Crippen LogP contribution in [0.1, 0.15) is 11.1 Å². The van der Waals surface area contributed by atoms with Crippen LogP contribution < -0.4 is 0 Å². The molecule has 0 spiro atoms. The molecule has 116 valence electrons. The Kier molecular flexibility index (Phi) is 3.66. The molecule has 4 aromatic carbocycles. The van der Waals surface area contributed by atoms with Gasteiger partial charge in [0.1, 0.15) is 0 Å². The Morgan fingerprint density at radius 2 is 0.750 bits per heavy atom. The van der Waals surface area contributed by atoms with Crippen LogP contribution in [0.5, 0.6) is 0 Å². The summed E-state index contributed by atoms with van der Waals surface area (Å²) in [4.78, 5) is 0. The fraction of sp³-hybridized carbons (Fsp3) is 0.0833. The third-order valence-corrected chi connectivity index (χ3v) is 4.79. The highest BCUT2D eigenvalue weighted by Crippen LogP contribution is 2.37. The molecule has 0 N–H and O–H groups in total. The molecule has 0 atom stereocenters. The van der Waals surface area contributed by atoms with Crippen molar-refractivity contribution >= 4 is 10.8 Å². The first-order valence-corrected chi connectivity index (χ1v) is 8.39. The largest absolute Gasteiger partial charge is 0.0620 e. The van der Waals surface area contributed by atoms with E-state index in [-0.39, 0.29) is 0 Å². The monoisotopic (exact) mass is 308 g/mol. The lowest BCUT2D eigenvalue weighted by Gasteiger charge is -2.14. The van der Waals surface area contributed by atoms with Crippen LogP contribution in [0, 0.1) is 13.8 Å². The van der Waals surface area contributed by atoms with Crippen molar-refractivity contribution in [2.75, 3.05) is 0 Å². The fourth-order valence-corrected chi connectivity index (χ4v) is 3.52. The number of hydrogen-bond donors (Lipinski definition) is 0. The molecular weight excluding hydrogens is 288 g/mol. The predicted molar refractivity (Wildman–Crippen MR) is 104 cm³/mol. The summed E-state index contributed by atoms with van der Waals surface area (Å²) in [5.41, 5.74) is 7.86. The van der Waals surface area contributed by atoms with E-state index in [0.29, 0.717) is 0 Å². The predicted octanol–water partition coefficient (Wildman–Crippen LogP) is 6.79. The van der Waals surface area contributed by atoms with Crippen LogP contribution in [0.25, 0.3) is 33.0 Å². The highest BCUT2D eigenvalue weighted by atomic mass is 14.1. The summed E-state index contributed by atoms with van der Waals surface area (Å²) in [6.45, 7) is 4.36. The summed E-state index contributed by atoms with van der Waals surface area (Å²) in [6.07, 6.45) is 0. The minimum absolute atomic E-state index is 1.31. The molecule has 0 heteroatoms. The van der Waals surface area contributed by atoms with Crippen molar-refractivity contribution in [3.8, 4) is 22.3 Å². The van der Waals surface area contributed by atoms with Crippen molar-refractivity contribution in [3.63, 3.8) is 0 Å². The second kappa shape index (κ2) is 5.98. The van der Waals surface area contributed by atoms with Gasteiger partial charge in [0.25, 0.3) is 0 Å². The zero-order valence-corrected chi connectivity index (χ0v) is 14.1. The number of hydrogen-bond acceptors (Lipinski definition) is 0. The lowest BCUT2D eigenvalue weighted by Crippen LogP contribution is -1.89. The van der Waals surface area contributed by atoms with Crippen molar-refractivity contribution in [1.29, 1.82) is 0 Å². The molecule has 4 aromatic rings. The summed E-state index contributed by atoms with van der Waals surface area (Å²) in [5, 5.41) is 2.63. The summed E-state index contributed by atoms with van der Waals surface area (Å²) in [5.74, 6) is 0. The Morgan fingerprint density at radius 3 is 1.17 bits per heavy atom. The first-order chi connectivity index (χ1) is 11.8. The molecule has 0 radical (unpaired) electrons. The van der Waals surface area contributed by atoms with E-state index in [2.05, 4.69) is 98.8 Å². The maximum absolute atomic E-state index is 2.27. The fourth-order valence-electron chi connectivity index (χ4n) is 3.52. The molecule has 0 aliphatic rings. The van der Waals surface area contributed by atoms with E-state index < -0.39 is 0 Å². The number of benzene rings is 4. The maximum Gasteiger partial charge on any atom is -0.00991 e. The van der Waals surface area contributed by atoms with Crippen molar-refractivity contribution < 1.29 is 0 Å². The van der Waals surface area contributed by atoms with Crippen LogP contribution in [-0.4, -0.2) is 0 Å². The van der Waals surface area contributed by atoms with Crippen LogP contribution in [0.4, 0.5) is 0 Å². The Morgan fingerprint density at radius 1 is 0.375 bits per heavy atom. The Labute approximate surface area is 143 Å². The lowest BCUT2D eigenvalue weighted by molar-refractivity contribution is 1.46. The quantitative estimate of drug-likeness (QED) is 0.382. The first kappa shape index (κ1) is 14.7. The molecule has 0 heterocycles. The molecule has 0 amide bonds. The van der Waals surface area contributed by atoms with Crippen molar-refractivity contribution in [1.82, 2.24) is 0 Å². The van der Waals surface area contributed by atoms with Crippen LogP contribution in [0.2, 0.25) is 0 Å². The summed E-state index contributed by atoms with van der Waals surface area (Å²) < 4.78 is 0. The average molecular weight is 308 g/mol. The highest BCUT2D eigenvalue weighted by Gasteiger charge is 2.11. The van der Waals surface area contributed by atoms with Gasteiger partial charge >= 0.3 is 0 Å². The molecule has 24 heavy (non-hydrogen) atoms. The molecule has 0 unspecified atom stereocenters. The van der Waals surface area contributed by atoms with Gasteiger partial charge in [0.05, 0.1) is 0 Å². The van der Waals surface area contributed by atoms with Gasteiger partial charge in [-0.1, -0.05) is 84.9 Å². The molecule has 0 bridgehead atoms. The molecule has 0 saturated carbocycles. The zero-order chi connectivity index (χ0) is 16.5. The maximum atomic E-state index is 2.27. The van der Waals surface area contributed by atoms with E-state index in [1.807, 2.05) is 0 Å². The van der Waals surface area contributed by atoms with Gasteiger partial charge in [0.15, 0.2) is 0 Å². The van der Waals surface area contributed by atoms with E-state index in [1.54, 1.807) is 0 Å². The molecule has 0 nitrogen and oxygen atoms in total. The topological polar surface area (TPSA) is 0 Å². The van der Waals surface area contributed by atoms with Gasteiger partial charge in [-0.25, -0.2) is 0 Å². The highest BCUT2D eigenvalue weighted by molar-refractivity contribution is 6.05. The molecule has 0 aliphatic carbocycles. The van der Waals surface area contributed by atoms with Gasteiger partial charge in [-0.3, -0.25) is 0 Å². The Hall–Kier alpha value is -2.86. The third-order valence-electron chi connectivity index (χ3n) is 4.79. The molecule has 0 fully saturated rings. The van der Waals surface area contributed by atoms with Gasteiger partial charge in [0.2, 0.25) is 0 Å². The van der Waals surface area contributed by atoms with Gasteiger partial charge in [-0.15, -0.1) is 0 Å². The summed E-state index contributed by atoms with van der Waals surface area (Å²) >= 11 is 0. The third kappa shape index (κ3) is 2.41. The average Bonchev–Trinajstić information content (AvgIpc) is 2.62. The molecule has 0 aromatic heterocycles. The second-order valence-corrected chi connectivity index (χ2v) is 6.34. The van der Waals surface area contributed by atoms with E-state index in [4.69, 9.17) is 0 Å². The summed E-state index contributed by atoms with van der Waals surface area (Å²) in [7, 11) is 0. The molecule has 0 aliphatic heterocycles. The van der Waals surface area contributed by atoms with Crippen LogP contribution in [-0.2, 0) is 0 Å². The minimum Gasteiger partial charge on any atom is -0.0620 e. The van der Waals surface area contributed by atoms with E-state index in [1.165, 1.54) is 44.2 Å². The van der Waals surface area contributed by atoms with Gasteiger partial charge < -0.3 is 0 Å². The van der Waals surface area contributed by atoms with E-state index >= 15 is 0 Å². The number of fused-ring (bicyclic) bond motifs is 1. The summed E-state index contributed by atoms with van der Waals surface area (Å²) in [6, 6.07) is 30.5. The SMILES string of the molecule is Cc1ccccc1-c1ccc(-c2ccccc2C)c2ccccc12. The van der Waals surface area contributed by atoms with Gasteiger partial charge in [0, 0.05) is 0 Å².